The fraction of sp³-hybridized carbons (Fsp3) is 0. The fourth-order valence-electron chi connectivity index (χ4n) is 0. The van der Waals surface area contributed by atoms with Crippen molar-refractivity contribution in [3.63, 3.8) is 0 Å². The van der Waals surface area contributed by atoms with Gasteiger partial charge in [-0.2, -0.15) is 0 Å². The third-order valence-corrected chi connectivity index (χ3v) is 0. The Morgan fingerprint density at radius 1 is 0.857 bits per heavy atom. The van der Waals surface area contributed by atoms with Gasteiger partial charge in [0.15, 0.2) is 0 Å². The summed E-state index contributed by atoms with van der Waals surface area (Å²) >= 11 is 0.194. The second-order valence-electron chi connectivity index (χ2n) is 0.0505. The molecule has 0 spiro atoms. The Morgan fingerprint density at radius 2 is 0.857 bits per heavy atom. The van der Waals surface area contributed by atoms with Crippen molar-refractivity contribution in [2.24, 2.45) is 0 Å². The van der Waals surface area contributed by atoms with Gasteiger partial charge in [0.2, 0.25) is 0 Å². The van der Waals surface area contributed by atoms with Gasteiger partial charge in [-0.15, -0.1) is 0 Å². The molecule has 0 atom stereocenters. The van der Waals surface area contributed by atoms with E-state index in [1.807, 2.05) is 0 Å². The SMILES string of the molecule is [Al+3].[Cl][Fe][Cl].[OH-].[OH-].[OH-]. The van der Waals surface area contributed by atoms with Crippen LogP contribution in [0, 0.1) is 0 Å². The smallest absolute Gasteiger partial charge is 0.870 e. The number of hydrogen-bond donors (Lipinski definition) is 0. The van der Waals surface area contributed by atoms with Gasteiger partial charge in [0.05, 0.1) is 0 Å². The normalized spacial score (nSPS) is 3.14. The molecule has 0 unspecified atom stereocenters. The van der Waals surface area contributed by atoms with Crippen LogP contribution in [-0.4, -0.2) is 33.8 Å². The van der Waals surface area contributed by atoms with Crippen molar-refractivity contribution >= 4 is 37.6 Å². The van der Waals surface area contributed by atoms with Gasteiger partial charge in [-0.05, 0) is 0 Å². The van der Waals surface area contributed by atoms with Crippen LogP contribution in [0.4, 0.5) is 0 Å². The van der Waals surface area contributed by atoms with Gasteiger partial charge in [0.25, 0.3) is 0 Å². The summed E-state index contributed by atoms with van der Waals surface area (Å²) in [6.07, 6.45) is 0. The molecule has 46 valence electrons. The van der Waals surface area contributed by atoms with Crippen molar-refractivity contribution in [2.75, 3.05) is 0 Å². The maximum absolute atomic E-state index is 4.76. The first-order valence-electron chi connectivity index (χ1n) is 0.267. The van der Waals surface area contributed by atoms with E-state index in [-0.39, 0.29) is 46.9 Å². The van der Waals surface area contributed by atoms with Gasteiger partial charge >= 0.3 is 50.7 Å². The van der Waals surface area contributed by atoms with Crippen molar-refractivity contribution in [1.82, 2.24) is 0 Å². The predicted molar refractivity (Wildman–Crippen MR) is 23.3 cm³/mol. The summed E-state index contributed by atoms with van der Waals surface area (Å²) in [5, 5.41) is 0. The molecule has 0 aromatic carbocycles. The van der Waals surface area contributed by atoms with E-state index in [0.717, 1.165) is 0 Å². The van der Waals surface area contributed by atoms with Crippen LogP contribution in [0.2, 0.25) is 0 Å². The number of halogens is 2. The Bertz CT molecular complexity index is 12.9. The first kappa shape index (κ1) is 38.9. The van der Waals surface area contributed by atoms with Crippen molar-refractivity contribution in [3.8, 4) is 0 Å². The van der Waals surface area contributed by atoms with Crippen molar-refractivity contribution in [2.45, 2.75) is 0 Å². The average molecular weight is 205 g/mol. The molecule has 0 bridgehead atoms. The van der Waals surface area contributed by atoms with Crippen LogP contribution in [-0.2, 0) is 13.1 Å². The predicted octanol–water partition coefficient (Wildman–Crippen LogP) is 0.465. The molecule has 0 radical (unpaired) electrons. The summed E-state index contributed by atoms with van der Waals surface area (Å²) in [4.78, 5) is 0. The molecule has 0 saturated heterocycles. The molecular weight excluding hydrogens is 202 g/mol. The van der Waals surface area contributed by atoms with E-state index in [1.165, 1.54) is 0 Å². The van der Waals surface area contributed by atoms with E-state index in [4.69, 9.17) is 20.2 Å². The van der Waals surface area contributed by atoms with Crippen LogP contribution < -0.4 is 0 Å². The molecule has 0 heterocycles. The second kappa shape index (κ2) is 50.5. The molecule has 0 amide bonds. The summed E-state index contributed by atoms with van der Waals surface area (Å²) < 4.78 is 0. The topological polar surface area (TPSA) is 90.0 Å². The Labute approximate surface area is 67.0 Å². The summed E-state index contributed by atoms with van der Waals surface area (Å²) in [5.41, 5.74) is 0. The van der Waals surface area contributed by atoms with E-state index in [1.54, 1.807) is 0 Å². The average Bonchev–Trinajstić information content (AvgIpc) is 0.918. The van der Waals surface area contributed by atoms with Crippen LogP contribution in [0.15, 0.2) is 0 Å². The number of hydrogen-bond acceptors (Lipinski definition) is 3. The fourth-order valence-corrected chi connectivity index (χ4v) is 0. The Hall–Kier alpha value is 1.51. The first-order valence-corrected chi connectivity index (χ1v) is 3.31. The van der Waals surface area contributed by atoms with Crippen LogP contribution in [0.5, 0.6) is 0 Å². The van der Waals surface area contributed by atoms with Gasteiger partial charge in [-0.25, -0.2) is 0 Å². The molecule has 0 aromatic rings. The van der Waals surface area contributed by atoms with Gasteiger partial charge in [0.1, 0.15) is 0 Å². The van der Waals surface area contributed by atoms with Crippen LogP contribution in [0.1, 0.15) is 0 Å². The first-order chi connectivity index (χ1) is 1.41. The van der Waals surface area contributed by atoms with E-state index in [0.29, 0.717) is 0 Å². The van der Waals surface area contributed by atoms with E-state index >= 15 is 0 Å². The monoisotopic (exact) mass is 204 g/mol. The molecule has 0 saturated carbocycles. The minimum Gasteiger partial charge on any atom is -0.870 e. The second-order valence-corrected chi connectivity index (χ2v) is 1.87. The zero-order valence-electron chi connectivity index (χ0n) is 3.03. The summed E-state index contributed by atoms with van der Waals surface area (Å²) in [5.74, 6) is 0. The van der Waals surface area contributed by atoms with Gasteiger partial charge < -0.3 is 16.4 Å². The standard InChI is InChI=1S/Al.2ClH.Fe.3H2O/h;2*1H;;3*1H2/q+3;;;+2;;;/p-5. The van der Waals surface area contributed by atoms with Crippen LogP contribution in [0.3, 0.4) is 0 Å². The van der Waals surface area contributed by atoms with Gasteiger partial charge in [-0.3, -0.25) is 0 Å². The molecule has 0 aliphatic rings. The molecule has 0 fully saturated rings. The summed E-state index contributed by atoms with van der Waals surface area (Å²) in [7, 11) is 9.53. The van der Waals surface area contributed by atoms with Crippen LogP contribution in [0.25, 0.3) is 0 Å². The van der Waals surface area contributed by atoms with Crippen molar-refractivity contribution < 1.29 is 29.6 Å². The maximum Gasteiger partial charge on any atom is -0.870 e. The van der Waals surface area contributed by atoms with Crippen molar-refractivity contribution in [3.05, 3.63) is 0 Å². The van der Waals surface area contributed by atoms with Crippen molar-refractivity contribution in [1.29, 1.82) is 0 Å². The molecule has 7 heavy (non-hydrogen) atoms. The zero-order chi connectivity index (χ0) is 2.71. The Kier molecular flexibility index (Phi) is 281. The minimum absolute atomic E-state index is 0. The molecule has 3 nitrogen and oxygen atoms in total. The number of rotatable bonds is 0. The quantitative estimate of drug-likeness (QED) is 0.537. The molecule has 7 heteroatoms. The van der Waals surface area contributed by atoms with E-state index in [2.05, 4.69) is 0 Å². The minimum atomic E-state index is 0. The maximum atomic E-state index is 4.76. The van der Waals surface area contributed by atoms with Gasteiger partial charge in [-0.1, -0.05) is 0 Å². The third-order valence-electron chi connectivity index (χ3n) is 0. The molecule has 3 N–H and O–H groups in total. The van der Waals surface area contributed by atoms with Crippen LogP contribution >= 0.6 is 20.2 Å². The molecule has 0 rings (SSSR count). The molecule has 0 aromatic heterocycles. The third kappa shape index (κ3) is 99.8. The van der Waals surface area contributed by atoms with E-state index in [9.17, 15) is 0 Å². The molecule has 0 aliphatic carbocycles. The van der Waals surface area contributed by atoms with E-state index < -0.39 is 0 Å². The largest absolute Gasteiger partial charge is 0.870 e. The van der Waals surface area contributed by atoms with Gasteiger partial charge in [0, 0.05) is 0 Å². The molecule has 0 aliphatic heterocycles. The molecular formula is H3AlCl2FeO3. The zero-order valence-corrected chi connectivity index (χ0v) is 6.80. The Balaban J connectivity index is -0.00000000333. The Morgan fingerprint density at radius 3 is 0.857 bits per heavy atom. The summed E-state index contributed by atoms with van der Waals surface area (Å²) in [6.45, 7) is 0. The summed E-state index contributed by atoms with van der Waals surface area (Å²) in [6, 6.07) is 0.